The van der Waals surface area contributed by atoms with E-state index in [9.17, 15) is 4.79 Å². The minimum absolute atomic E-state index is 0.382. The van der Waals surface area contributed by atoms with Gasteiger partial charge >= 0.3 is 11.7 Å². The van der Waals surface area contributed by atoms with E-state index in [1.54, 1.807) is 24.3 Å². The van der Waals surface area contributed by atoms with E-state index in [0.29, 0.717) is 11.3 Å². The Kier molecular flexibility index (Phi) is 3.05. The first kappa shape index (κ1) is 11.2. The van der Waals surface area contributed by atoms with Gasteiger partial charge in [-0.15, -0.1) is 0 Å². The summed E-state index contributed by atoms with van der Waals surface area (Å²) in [5, 5.41) is 8.46. The largest absolute Gasteiger partial charge is 0.456 e. The predicted octanol–water partition coefficient (Wildman–Crippen LogP) is 3.13. The quantitative estimate of drug-likeness (QED) is 0.522. The van der Waals surface area contributed by atoms with Gasteiger partial charge < -0.3 is 4.74 Å². The molecule has 0 aliphatic heterocycles. The first-order valence-electron chi connectivity index (χ1n) is 4.61. The van der Waals surface area contributed by atoms with Gasteiger partial charge in [0, 0.05) is 12.1 Å². The number of ether oxygens (including phenoxy) is 1. The molecule has 0 atom stereocenters. The summed E-state index contributed by atoms with van der Waals surface area (Å²) in [5.41, 5.74) is 0.344. The van der Waals surface area contributed by atoms with Crippen molar-refractivity contribution in [1.82, 2.24) is 0 Å². The van der Waals surface area contributed by atoms with Crippen molar-refractivity contribution >= 4 is 11.7 Å². The van der Waals surface area contributed by atoms with Crippen molar-refractivity contribution in [3.05, 3.63) is 34.8 Å². The van der Waals surface area contributed by atoms with Crippen LogP contribution in [0.1, 0.15) is 31.1 Å². The number of nitrogens with zero attached hydrogens (tertiary/aromatic N) is 2. The maximum Gasteiger partial charge on any atom is 0.385 e. The number of carbonyl (C=O) groups is 1. The second-order valence-electron chi connectivity index (χ2n) is 4.15. The summed E-state index contributed by atoms with van der Waals surface area (Å²) < 4.78 is 5.17. The van der Waals surface area contributed by atoms with Gasteiger partial charge in [-0.2, -0.15) is 0 Å². The molecule has 4 nitrogen and oxygen atoms in total. The summed E-state index contributed by atoms with van der Waals surface area (Å²) in [7, 11) is 0. The molecule has 0 saturated carbocycles. The number of hydrogen-bond donors (Lipinski definition) is 0. The smallest absolute Gasteiger partial charge is 0.385 e. The van der Waals surface area contributed by atoms with E-state index in [-0.39, 0.29) is 5.97 Å². The number of benzene rings is 1. The van der Waals surface area contributed by atoms with Crippen molar-refractivity contribution in [3.63, 3.8) is 0 Å². The molecule has 0 bridgehead atoms. The molecule has 0 aliphatic rings. The Labute approximate surface area is 88.5 Å². The van der Waals surface area contributed by atoms with E-state index < -0.39 is 5.60 Å². The van der Waals surface area contributed by atoms with Crippen molar-refractivity contribution in [2.45, 2.75) is 26.4 Å². The van der Waals surface area contributed by atoms with Crippen LogP contribution in [-0.2, 0) is 4.74 Å². The van der Waals surface area contributed by atoms with Gasteiger partial charge in [0.25, 0.3) is 0 Å². The van der Waals surface area contributed by atoms with Crippen molar-refractivity contribution in [1.29, 1.82) is 5.39 Å². The van der Waals surface area contributed by atoms with Crippen LogP contribution >= 0.6 is 0 Å². The van der Waals surface area contributed by atoms with Gasteiger partial charge in [0.15, 0.2) is 4.98 Å². The highest BCUT2D eigenvalue weighted by molar-refractivity contribution is 5.90. The van der Waals surface area contributed by atoms with E-state index in [2.05, 4.69) is 4.98 Å². The Hall–Kier alpha value is -1.89. The third-order valence-corrected chi connectivity index (χ3v) is 1.62. The third kappa shape index (κ3) is 3.39. The molecule has 0 aliphatic carbocycles. The zero-order chi connectivity index (χ0) is 11.5. The summed E-state index contributed by atoms with van der Waals surface area (Å²) in [6.07, 6.45) is 0. The fourth-order valence-electron chi connectivity index (χ4n) is 1.00. The molecule has 0 heterocycles. The van der Waals surface area contributed by atoms with Crippen LogP contribution in [0.2, 0.25) is 0 Å². The Morgan fingerprint density at radius 2 is 1.80 bits per heavy atom. The molecule has 1 aromatic carbocycles. The molecule has 0 unspecified atom stereocenters. The third-order valence-electron chi connectivity index (χ3n) is 1.62. The highest BCUT2D eigenvalue weighted by Gasteiger charge is 2.18. The van der Waals surface area contributed by atoms with Crippen LogP contribution in [0.25, 0.3) is 4.98 Å². The van der Waals surface area contributed by atoms with E-state index in [4.69, 9.17) is 10.1 Å². The maximum atomic E-state index is 11.5. The molecular weight excluding hydrogens is 192 g/mol. The summed E-state index contributed by atoms with van der Waals surface area (Å²) in [6.45, 7) is 5.42. The summed E-state index contributed by atoms with van der Waals surface area (Å²) >= 11 is 0. The van der Waals surface area contributed by atoms with Crippen molar-refractivity contribution in [2.75, 3.05) is 0 Å². The Morgan fingerprint density at radius 1 is 1.27 bits per heavy atom. The number of esters is 1. The van der Waals surface area contributed by atoms with Crippen LogP contribution < -0.4 is 0 Å². The Bertz CT molecular complexity index is 396. The lowest BCUT2D eigenvalue weighted by atomic mass is 10.1. The summed E-state index contributed by atoms with van der Waals surface area (Å²) in [5.74, 6) is -0.382. The van der Waals surface area contributed by atoms with E-state index in [0.717, 1.165) is 0 Å². The Morgan fingerprint density at radius 3 is 2.20 bits per heavy atom. The zero-order valence-corrected chi connectivity index (χ0v) is 9.02. The number of carbonyl (C=O) groups excluding carboxylic acids is 1. The SMILES string of the molecule is CC(C)(C)OC(=O)c1ccc([N+]#N)cc1. The molecule has 1 rings (SSSR count). The molecule has 15 heavy (non-hydrogen) atoms. The van der Waals surface area contributed by atoms with Crippen molar-refractivity contribution < 1.29 is 9.53 Å². The van der Waals surface area contributed by atoms with Gasteiger partial charge in [0.05, 0.1) is 5.56 Å². The topological polar surface area (TPSA) is 54.5 Å². The minimum Gasteiger partial charge on any atom is -0.456 e. The van der Waals surface area contributed by atoms with Crippen LogP contribution in [0, 0.1) is 5.39 Å². The highest BCUT2D eigenvalue weighted by atomic mass is 16.6. The Balaban J connectivity index is 2.80. The molecule has 0 N–H and O–H groups in total. The molecule has 0 aromatic heterocycles. The fraction of sp³-hybridized carbons (Fsp3) is 0.364. The first-order valence-corrected chi connectivity index (χ1v) is 4.61. The normalized spacial score (nSPS) is 10.5. The summed E-state index contributed by atoms with van der Waals surface area (Å²) in [6, 6.07) is 6.20. The first-order chi connectivity index (χ1) is 6.92. The number of diazo groups is 1. The molecule has 78 valence electrons. The molecule has 0 fully saturated rings. The lowest BCUT2D eigenvalue weighted by molar-refractivity contribution is 0.00696. The second kappa shape index (κ2) is 4.09. The van der Waals surface area contributed by atoms with Crippen LogP contribution in [-0.4, -0.2) is 11.6 Å². The van der Waals surface area contributed by atoms with Crippen molar-refractivity contribution in [3.8, 4) is 0 Å². The zero-order valence-electron chi connectivity index (χ0n) is 9.02. The van der Waals surface area contributed by atoms with E-state index >= 15 is 0 Å². The molecule has 0 radical (unpaired) electrons. The molecule has 1 aromatic rings. The maximum absolute atomic E-state index is 11.5. The van der Waals surface area contributed by atoms with Crippen molar-refractivity contribution in [2.24, 2.45) is 0 Å². The average Bonchev–Trinajstić information content (AvgIpc) is 2.15. The molecular formula is C11H13N2O2+. The molecule has 0 saturated heterocycles. The average molecular weight is 205 g/mol. The van der Waals surface area contributed by atoms with Gasteiger partial charge in [0.2, 0.25) is 5.39 Å². The van der Waals surface area contributed by atoms with Crippen LogP contribution in [0.5, 0.6) is 0 Å². The molecule has 4 heteroatoms. The van der Waals surface area contributed by atoms with Crippen LogP contribution in [0.15, 0.2) is 24.3 Å². The van der Waals surface area contributed by atoms with Crippen LogP contribution in [0.4, 0.5) is 5.69 Å². The van der Waals surface area contributed by atoms with Gasteiger partial charge in [-0.3, -0.25) is 0 Å². The minimum atomic E-state index is -0.503. The number of rotatable bonds is 1. The van der Waals surface area contributed by atoms with Gasteiger partial charge in [-0.25, -0.2) is 4.79 Å². The highest BCUT2D eigenvalue weighted by Crippen LogP contribution is 2.16. The lowest BCUT2D eigenvalue weighted by Crippen LogP contribution is -2.23. The van der Waals surface area contributed by atoms with Gasteiger partial charge in [0.1, 0.15) is 5.60 Å². The lowest BCUT2D eigenvalue weighted by Gasteiger charge is -2.19. The fourth-order valence-corrected chi connectivity index (χ4v) is 1.00. The van der Waals surface area contributed by atoms with Gasteiger partial charge in [-0.1, -0.05) is 0 Å². The summed E-state index contributed by atoms with van der Waals surface area (Å²) in [4.78, 5) is 14.5. The standard InChI is InChI=1S/C11H13N2O2/c1-11(2,3)15-10(14)8-4-6-9(13-12)7-5-8/h4-7H,1-3H3/q+1. The predicted molar refractivity (Wildman–Crippen MR) is 56.4 cm³/mol. The van der Waals surface area contributed by atoms with Gasteiger partial charge in [-0.05, 0) is 32.9 Å². The number of hydrogen-bond acceptors (Lipinski definition) is 3. The monoisotopic (exact) mass is 205 g/mol. The molecule has 0 amide bonds. The van der Waals surface area contributed by atoms with Crippen LogP contribution in [0.3, 0.4) is 0 Å². The van der Waals surface area contributed by atoms with E-state index in [1.165, 1.54) is 0 Å². The van der Waals surface area contributed by atoms with E-state index in [1.807, 2.05) is 20.8 Å². The molecule has 0 spiro atoms. The second-order valence-corrected chi connectivity index (χ2v) is 4.15.